The van der Waals surface area contributed by atoms with E-state index < -0.39 is 0 Å². The molecule has 30 heavy (non-hydrogen) atoms. The molecule has 3 N–H and O–H groups in total. The van der Waals surface area contributed by atoms with Gasteiger partial charge < -0.3 is 20.3 Å². The number of nitrogens with zero attached hydrogens (tertiary/aromatic N) is 2. The number of hydrogen-bond donors (Lipinski definition) is 3. The largest absolute Gasteiger partial charge is 0.508 e. The molecule has 0 radical (unpaired) electrons. The monoisotopic (exact) mass is 428 g/mol. The molecule has 0 saturated heterocycles. The van der Waals surface area contributed by atoms with Crippen LogP contribution in [0.3, 0.4) is 0 Å². The first kappa shape index (κ1) is 21.3. The first-order valence-corrected chi connectivity index (χ1v) is 9.81. The standard InChI is InChI=1S/C21H21ClN4O4/c22-16-7-5-14(6-8-16)20-25-19(30-26-20)10-9-18(28)23-11-2-12-24-21(29)15-3-1-4-17(27)13-15/h1,3-8,13,27H,2,9-12H2,(H,23,28)(H,24,29). The highest BCUT2D eigenvalue weighted by atomic mass is 35.5. The Balaban J connectivity index is 1.32. The third-order valence-corrected chi connectivity index (χ3v) is 4.46. The fourth-order valence-electron chi connectivity index (χ4n) is 2.65. The molecule has 0 bridgehead atoms. The van der Waals surface area contributed by atoms with Crippen LogP contribution < -0.4 is 10.6 Å². The molecule has 0 aliphatic rings. The Morgan fingerprint density at radius 3 is 2.60 bits per heavy atom. The molecule has 1 aromatic heterocycles. The molecule has 1 heterocycles. The summed E-state index contributed by atoms with van der Waals surface area (Å²) in [4.78, 5) is 28.2. The van der Waals surface area contributed by atoms with E-state index in [4.69, 9.17) is 16.1 Å². The van der Waals surface area contributed by atoms with Crippen LogP contribution in [-0.4, -0.2) is 40.2 Å². The summed E-state index contributed by atoms with van der Waals surface area (Å²) in [7, 11) is 0. The van der Waals surface area contributed by atoms with Gasteiger partial charge in [0.05, 0.1) is 0 Å². The number of aryl methyl sites for hydroxylation is 1. The van der Waals surface area contributed by atoms with Crippen molar-refractivity contribution in [1.82, 2.24) is 20.8 Å². The van der Waals surface area contributed by atoms with E-state index in [0.29, 0.717) is 48.2 Å². The number of carbonyl (C=O) groups is 2. The maximum atomic E-state index is 12.0. The second-order valence-electron chi connectivity index (χ2n) is 6.53. The molecular weight excluding hydrogens is 408 g/mol. The zero-order chi connectivity index (χ0) is 21.3. The summed E-state index contributed by atoms with van der Waals surface area (Å²) < 4.78 is 5.18. The molecule has 3 rings (SSSR count). The first-order chi connectivity index (χ1) is 14.5. The van der Waals surface area contributed by atoms with E-state index in [1.807, 2.05) is 0 Å². The number of aromatic nitrogens is 2. The molecule has 2 amide bonds. The van der Waals surface area contributed by atoms with Gasteiger partial charge in [0.15, 0.2) is 0 Å². The second kappa shape index (κ2) is 10.4. The Morgan fingerprint density at radius 1 is 1.07 bits per heavy atom. The third-order valence-electron chi connectivity index (χ3n) is 4.21. The summed E-state index contributed by atoms with van der Waals surface area (Å²) in [6, 6.07) is 13.2. The van der Waals surface area contributed by atoms with Crippen LogP contribution in [0.5, 0.6) is 5.75 Å². The zero-order valence-corrected chi connectivity index (χ0v) is 16.9. The van der Waals surface area contributed by atoms with Crippen LogP contribution in [0.15, 0.2) is 53.1 Å². The number of benzene rings is 2. The average molecular weight is 429 g/mol. The first-order valence-electron chi connectivity index (χ1n) is 9.44. The van der Waals surface area contributed by atoms with Crippen LogP contribution in [0, 0.1) is 0 Å². The summed E-state index contributed by atoms with van der Waals surface area (Å²) in [5.74, 6) is 0.458. The molecule has 0 spiro atoms. The maximum Gasteiger partial charge on any atom is 0.251 e. The minimum atomic E-state index is -0.273. The fraction of sp³-hybridized carbons (Fsp3) is 0.238. The minimum absolute atomic E-state index is 0.0384. The van der Waals surface area contributed by atoms with Crippen LogP contribution >= 0.6 is 11.6 Å². The number of phenolic OH excluding ortho intramolecular Hbond substituents is 1. The third kappa shape index (κ3) is 6.31. The van der Waals surface area contributed by atoms with Gasteiger partial charge in [0.25, 0.3) is 5.91 Å². The Hall–Kier alpha value is -3.39. The smallest absolute Gasteiger partial charge is 0.251 e. The molecule has 0 saturated carbocycles. The molecule has 0 unspecified atom stereocenters. The number of rotatable bonds is 9. The number of carbonyl (C=O) groups excluding carboxylic acids is 2. The van der Waals surface area contributed by atoms with Gasteiger partial charge in [-0.25, -0.2) is 0 Å². The molecule has 0 fully saturated rings. The van der Waals surface area contributed by atoms with E-state index in [1.165, 1.54) is 12.1 Å². The van der Waals surface area contributed by atoms with Gasteiger partial charge in [-0.2, -0.15) is 4.98 Å². The van der Waals surface area contributed by atoms with Gasteiger partial charge in [0.2, 0.25) is 17.6 Å². The van der Waals surface area contributed by atoms with Crippen molar-refractivity contribution < 1.29 is 19.2 Å². The quantitative estimate of drug-likeness (QED) is 0.451. The van der Waals surface area contributed by atoms with Crippen molar-refractivity contribution >= 4 is 23.4 Å². The van der Waals surface area contributed by atoms with Crippen LogP contribution in [0.4, 0.5) is 0 Å². The molecule has 8 nitrogen and oxygen atoms in total. The maximum absolute atomic E-state index is 12.0. The summed E-state index contributed by atoms with van der Waals surface area (Å²) in [5, 5.41) is 19.4. The van der Waals surface area contributed by atoms with Crippen LogP contribution in [0.2, 0.25) is 5.02 Å². The van der Waals surface area contributed by atoms with Gasteiger partial charge >= 0.3 is 0 Å². The number of halogens is 1. The van der Waals surface area contributed by atoms with E-state index in [2.05, 4.69) is 20.8 Å². The van der Waals surface area contributed by atoms with Crippen molar-refractivity contribution in [2.24, 2.45) is 0 Å². The summed E-state index contributed by atoms with van der Waals surface area (Å²) >= 11 is 5.86. The van der Waals surface area contributed by atoms with Crippen molar-refractivity contribution in [3.63, 3.8) is 0 Å². The lowest BCUT2D eigenvalue weighted by molar-refractivity contribution is -0.121. The number of nitrogens with one attached hydrogen (secondary N) is 2. The van der Waals surface area contributed by atoms with E-state index in [0.717, 1.165) is 5.56 Å². The lowest BCUT2D eigenvalue weighted by atomic mass is 10.2. The second-order valence-corrected chi connectivity index (χ2v) is 6.96. The summed E-state index contributed by atoms with van der Waals surface area (Å²) in [6.45, 7) is 0.835. The van der Waals surface area contributed by atoms with Crippen molar-refractivity contribution in [2.45, 2.75) is 19.3 Å². The number of amides is 2. The fourth-order valence-corrected chi connectivity index (χ4v) is 2.77. The zero-order valence-electron chi connectivity index (χ0n) is 16.1. The summed E-state index contributed by atoms with van der Waals surface area (Å²) in [6.07, 6.45) is 1.14. The number of phenols is 1. The van der Waals surface area contributed by atoms with Gasteiger partial charge in [-0.3, -0.25) is 9.59 Å². The molecule has 9 heteroatoms. The van der Waals surface area contributed by atoms with Gasteiger partial charge in [0.1, 0.15) is 5.75 Å². The van der Waals surface area contributed by atoms with Crippen molar-refractivity contribution in [2.75, 3.05) is 13.1 Å². The van der Waals surface area contributed by atoms with Crippen molar-refractivity contribution in [3.05, 3.63) is 65.0 Å². The predicted octanol–water partition coefficient (Wildman–Crippen LogP) is 2.96. The van der Waals surface area contributed by atoms with E-state index in [9.17, 15) is 14.7 Å². The molecule has 0 atom stereocenters. The molecule has 156 valence electrons. The van der Waals surface area contributed by atoms with Gasteiger partial charge in [0, 0.05) is 42.1 Å². The Bertz CT molecular complexity index is 1000. The van der Waals surface area contributed by atoms with E-state index in [-0.39, 0.29) is 24.0 Å². The Morgan fingerprint density at radius 2 is 1.83 bits per heavy atom. The van der Waals surface area contributed by atoms with Gasteiger partial charge in [-0.15, -0.1) is 0 Å². The van der Waals surface area contributed by atoms with E-state index in [1.54, 1.807) is 36.4 Å². The topological polar surface area (TPSA) is 117 Å². The normalized spacial score (nSPS) is 10.6. The SMILES string of the molecule is O=C(CCc1nc(-c2ccc(Cl)cc2)no1)NCCCNC(=O)c1cccc(O)c1. The predicted molar refractivity (Wildman–Crippen MR) is 111 cm³/mol. The highest BCUT2D eigenvalue weighted by Gasteiger charge is 2.11. The summed E-state index contributed by atoms with van der Waals surface area (Å²) in [5.41, 5.74) is 1.17. The van der Waals surface area contributed by atoms with Gasteiger partial charge in [-0.05, 0) is 48.9 Å². The lowest BCUT2D eigenvalue weighted by Crippen LogP contribution is -2.30. The van der Waals surface area contributed by atoms with Crippen molar-refractivity contribution in [1.29, 1.82) is 0 Å². The Kier molecular flexibility index (Phi) is 7.40. The highest BCUT2D eigenvalue weighted by molar-refractivity contribution is 6.30. The van der Waals surface area contributed by atoms with Gasteiger partial charge in [-0.1, -0.05) is 22.8 Å². The molecular formula is C21H21ClN4O4. The van der Waals surface area contributed by atoms with Crippen LogP contribution in [0.25, 0.3) is 11.4 Å². The van der Waals surface area contributed by atoms with Crippen LogP contribution in [0.1, 0.15) is 29.1 Å². The highest BCUT2D eigenvalue weighted by Crippen LogP contribution is 2.19. The number of hydrogen-bond acceptors (Lipinski definition) is 6. The molecule has 3 aromatic rings. The number of aromatic hydroxyl groups is 1. The van der Waals surface area contributed by atoms with Crippen molar-refractivity contribution in [3.8, 4) is 17.1 Å². The Labute approximate surface area is 178 Å². The van der Waals surface area contributed by atoms with E-state index >= 15 is 0 Å². The van der Waals surface area contributed by atoms with Crippen LogP contribution in [-0.2, 0) is 11.2 Å². The lowest BCUT2D eigenvalue weighted by Gasteiger charge is -2.07. The molecule has 2 aromatic carbocycles. The molecule has 0 aliphatic carbocycles. The average Bonchev–Trinajstić information content (AvgIpc) is 3.21. The minimum Gasteiger partial charge on any atom is -0.508 e. The molecule has 0 aliphatic heterocycles.